The second-order valence-electron chi connectivity index (χ2n) is 4.69. The van der Waals surface area contributed by atoms with Crippen molar-refractivity contribution in [1.29, 1.82) is 0 Å². The van der Waals surface area contributed by atoms with Crippen molar-refractivity contribution >= 4 is 0 Å². The van der Waals surface area contributed by atoms with Gasteiger partial charge in [0.05, 0.1) is 6.10 Å². The van der Waals surface area contributed by atoms with E-state index in [2.05, 4.69) is 13.0 Å². The molecule has 2 aromatic rings. The fourth-order valence-corrected chi connectivity index (χ4v) is 1.93. The molecule has 0 spiro atoms. The summed E-state index contributed by atoms with van der Waals surface area (Å²) >= 11 is 0. The van der Waals surface area contributed by atoms with Crippen LogP contribution in [0, 0.1) is 13.8 Å². The van der Waals surface area contributed by atoms with Gasteiger partial charge in [-0.2, -0.15) is 0 Å². The van der Waals surface area contributed by atoms with Gasteiger partial charge in [0.2, 0.25) is 0 Å². The lowest BCUT2D eigenvalue weighted by Crippen LogP contribution is -2.11. The smallest absolute Gasteiger partial charge is 0.130 e. The van der Waals surface area contributed by atoms with E-state index in [1.54, 1.807) is 0 Å². The summed E-state index contributed by atoms with van der Waals surface area (Å²) in [6, 6.07) is 13.4. The summed E-state index contributed by atoms with van der Waals surface area (Å²) in [6.07, 6.45) is -0.616. The third-order valence-corrected chi connectivity index (χ3v) is 3.05. The molecule has 0 radical (unpaired) electrons. The van der Waals surface area contributed by atoms with Gasteiger partial charge in [-0.1, -0.05) is 29.8 Å². The topological polar surface area (TPSA) is 55.5 Å². The van der Waals surface area contributed by atoms with Gasteiger partial charge in [-0.3, -0.25) is 0 Å². The molecule has 0 aliphatic rings. The number of benzene rings is 2. The Morgan fingerprint density at radius 1 is 1.11 bits per heavy atom. The van der Waals surface area contributed by atoms with Crippen LogP contribution in [0.25, 0.3) is 0 Å². The molecule has 0 bridgehead atoms. The highest BCUT2D eigenvalue weighted by atomic mass is 16.5. The summed E-state index contributed by atoms with van der Waals surface area (Å²) in [5.74, 6) is 1.60. The van der Waals surface area contributed by atoms with Crippen LogP contribution in [0.5, 0.6) is 11.5 Å². The molecule has 2 aromatic carbocycles. The van der Waals surface area contributed by atoms with Crippen LogP contribution in [-0.4, -0.2) is 11.7 Å². The van der Waals surface area contributed by atoms with Crippen LogP contribution in [0.2, 0.25) is 0 Å². The number of hydrogen-bond donors (Lipinski definition) is 2. The first kappa shape index (κ1) is 13.6. The van der Waals surface area contributed by atoms with Gasteiger partial charge in [-0.15, -0.1) is 0 Å². The lowest BCUT2D eigenvalue weighted by atomic mass is 10.1. The Kier molecular flexibility index (Phi) is 4.20. The van der Waals surface area contributed by atoms with E-state index in [0.29, 0.717) is 0 Å². The van der Waals surface area contributed by atoms with Crippen molar-refractivity contribution in [3.8, 4) is 11.5 Å². The third kappa shape index (κ3) is 3.34. The Morgan fingerprint density at radius 2 is 1.79 bits per heavy atom. The third-order valence-electron chi connectivity index (χ3n) is 3.05. The summed E-state index contributed by atoms with van der Waals surface area (Å²) in [7, 11) is 0. The fourth-order valence-electron chi connectivity index (χ4n) is 1.93. The highest BCUT2D eigenvalue weighted by molar-refractivity contribution is 5.40. The van der Waals surface area contributed by atoms with Crippen molar-refractivity contribution in [3.63, 3.8) is 0 Å². The van der Waals surface area contributed by atoms with Crippen LogP contribution < -0.4 is 10.5 Å². The van der Waals surface area contributed by atoms with Gasteiger partial charge in [0, 0.05) is 6.54 Å². The molecule has 19 heavy (non-hydrogen) atoms. The first-order valence-corrected chi connectivity index (χ1v) is 6.33. The lowest BCUT2D eigenvalue weighted by Gasteiger charge is -2.11. The molecule has 0 aromatic heterocycles. The molecule has 0 saturated heterocycles. The first-order chi connectivity index (χ1) is 9.10. The van der Waals surface area contributed by atoms with E-state index in [4.69, 9.17) is 10.5 Å². The average molecular weight is 257 g/mol. The zero-order valence-corrected chi connectivity index (χ0v) is 11.3. The molecule has 0 heterocycles. The summed E-state index contributed by atoms with van der Waals surface area (Å²) in [6.45, 7) is 4.30. The number of nitrogens with two attached hydrogens (primary N) is 1. The molecular formula is C16H19NO2. The Balaban J connectivity index is 2.15. The minimum Gasteiger partial charge on any atom is -0.457 e. The van der Waals surface area contributed by atoms with Crippen molar-refractivity contribution in [3.05, 3.63) is 59.2 Å². The van der Waals surface area contributed by atoms with Crippen LogP contribution in [0.3, 0.4) is 0 Å². The molecule has 2 rings (SSSR count). The normalized spacial score (nSPS) is 12.2. The zero-order valence-electron chi connectivity index (χ0n) is 11.3. The lowest BCUT2D eigenvalue weighted by molar-refractivity contribution is 0.186. The van der Waals surface area contributed by atoms with Gasteiger partial charge in [-0.25, -0.2) is 0 Å². The van der Waals surface area contributed by atoms with Crippen molar-refractivity contribution in [2.75, 3.05) is 6.54 Å². The minimum absolute atomic E-state index is 0.220. The van der Waals surface area contributed by atoms with E-state index in [9.17, 15) is 5.11 Å². The van der Waals surface area contributed by atoms with Crippen LogP contribution in [0.1, 0.15) is 22.8 Å². The van der Waals surface area contributed by atoms with Gasteiger partial charge >= 0.3 is 0 Å². The predicted molar refractivity (Wildman–Crippen MR) is 76.4 cm³/mol. The van der Waals surface area contributed by atoms with Gasteiger partial charge in [-0.05, 0) is 43.2 Å². The van der Waals surface area contributed by atoms with E-state index in [0.717, 1.165) is 22.6 Å². The highest BCUT2D eigenvalue weighted by Crippen LogP contribution is 2.26. The number of aliphatic hydroxyl groups is 1. The van der Waals surface area contributed by atoms with Gasteiger partial charge < -0.3 is 15.6 Å². The zero-order chi connectivity index (χ0) is 13.8. The molecule has 0 fully saturated rings. The van der Waals surface area contributed by atoms with Crippen molar-refractivity contribution < 1.29 is 9.84 Å². The predicted octanol–water partition coefficient (Wildman–Crippen LogP) is 3.09. The first-order valence-electron chi connectivity index (χ1n) is 6.33. The summed E-state index contributed by atoms with van der Waals surface area (Å²) in [5, 5.41) is 9.62. The largest absolute Gasteiger partial charge is 0.457 e. The molecule has 3 heteroatoms. The Morgan fingerprint density at radius 3 is 2.37 bits per heavy atom. The number of rotatable bonds is 4. The minimum atomic E-state index is -0.616. The number of ether oxygens (including phenoxy) is 1. The fraction of sp³-hybridized carbons (Fsp3) is 0.250. The Labute approximate surface area is 113 Å². The van der Waals surface area contributed by atoms with E-state index < -0.39 is 6.10 Å². The van der Waals surface area contributed by atoms with Crippen molar-refractivity contribution in [2.45, 2.75) is 20.0 Å². The molecule has 0 aliphatic carbocycles. The molecule has 0 amide bonds. The monoisotopic (exact) mass is 257 g/mol. The molecule has 1 atom stereocenters. The van der Waals surface area contributed by atoms with E-state index in [-0.39, 0.29) is 6.54 Å². The number of aryl methyl sites for hydroxylation is 2. The summed E-state index contributed by atoms with van der Waals surface area (Å²) in [5.41, 5.74) is 8.54. The van der Waals surface area contributed by atoms with E-state index in [1.165, 1.54) is 5.56 Å². The maximum absolute atomic E-state index is 9.62. The molecular weight excluding hydrogens is 238 g/mol. The molecule has 0 aliphatic heterocycles. The molecule has 3 N–H and O–H groups in total. The average Bonchev–Trinajstić information content (AvgIpc) is 2.42. The molecule has 3 nitrogen and oxygen atoms in total. The molecule has 1 unspecified atom stereocenters. The standard InChI is InChI=1S/C16H19NO2/c1-11-3-8-16(12(2)9-11)19-14-6-4-13(5-7-14)15(18)10-17/h3-9,15,18H,10,17H2,1-2H3. The second-order valence-corrected chi connectivity index (χ2v) is 4.69. The van der Waals surface area contributed by atoms with Crippen LogP contribution in [0.4, 0.5) is 0 Å². The van der Waals surface area contributed by atoms with Crippen LogP contribution in [-0.2, 0) is 0 Å². The van der Waals surface area contributed by atoms with E-state index in [1.807, 2.05) is 43.3 Å². The molecule has 0 saturated carbocycles. The van der Waals surface area contributed by atoms with Crippen LogP contribution >= 0.6 is 0 Å². The Hall–Kier alpha value is -1.84. The number of hydrogen-bond acceptors (Lipinski definition) is 3. The maximum Gasteiger partial charge on any atom is 0.130 e. The summed E-state index contributed by atoms with van der Waals surface area (Å²) in [4.78, 5) is 0. The van der Waals surface area contributed by atoms with Gasteiger partial charge in [0.25, 0.3) is 0 Å². The van der Waals surface area contributed by atoms with Crippen LogP contribution in [0.15, 0.2) is 42.5 Å². The quantitative estimate of drug-likeness (QED) is 0.885. The maximum atomic E-state index is 9.62. The highest BCUT2D eigenvalue weighted by Gasteiger charge is 2.06. The van der Waals surface area contributed by atoms with E-state index >= 15 is 0 Å². The SMILES string of the molecule is Cc1ccc(Oc2ccc(C(O)CN)cc2)c(C)c1. The Bertz CT molecular complexity index is 549. The second kappa shape index (κ2) is 5.87. The van der Waals surface area contributed by atoms with Crippen molar-refractivity contribution in [1.82, 2.24) is 0 Å². The number of aliphatic hydroxyl groups excluding tert-OH is 1. The van der Waals surface area contributed by atoms with Gasteiger partial charge in [0.1, 0.15) is 11.5 Å². The van der Waals surface area contributed by atoms with Gasteiger partial charge in [0.15, 0.2) is 0 Å². The van der Waals surface area contributed by atoms with Crippen molar-refractivity contribution in [2.24, 2.45) is 5.73 Å². The summed E-state index contributed by atoms with van der Waals surface area (Å²) < 4.78 is 5.82. The molecule has 100 valence electrons.